The van der Waals surface area contributed by atoms with Crippen molar-refractivity contribution in [2.24, 2.45) is 0 Å². The Morgan fingerprint density at radius 1 is 0.690 bits per heavy atom. The van der Waals surface area contributed by atoms with Gasteiger partial charge < -0.3 is 14.5 Å². The van der Waals surface area contributed by atoms with Crippen molar-refractivity contribution < 1.29 is 14.3 Å². The summed E-state index contributed by atoms with van der Waals surface area (Å²) in [5.74, 6) is -0.754. The lowest BCUT2D eigenvalue weighted by Crippen LogP contribution is -2.49. The van der Waals surface area contributed by atoms with E-state index in [9.17, 15) is 9.59 Å². The van der Waals surface area contributed by atoms with E-state index >= 15 is 0 Å². The molecule has 6 rings (SSSR count). The van der Waals surface area contributed by atoms with E-state index in [4.69, 9.17) is 14.7 Å². The second-order valence-electron chi connectivity index (χ2n) is 10.6. The summed E-state index contributed by atoms with van der Waals surface area (Å²) in [5, 5.41) is 0. The summed E-state index contributed by atoms with van der Waals surface area (Å²) in [5.41, 5.74) is 8.48. The highest BCUT2D eigenvalue weighted by Crippen LogP contribution is 2.31. The van der Waals surface area contributed by atoms with Crippen molar-refractivity contribution in [1.29, 1.82) is 0 Å². The number of carbonyl (C=O) groups is 2. The zero-order chi connectivity index (χ0) is 29.1. The number of hydrogen-bond donors (Lipinski definition) is 0. The van der Waals surface area contributed by atoms with Crippen LogP contribution in [0.25, 0.3) is 33.5 Å². The maximum absolute atomic E-state index is 13.0. The molecule has 0 atom stereocenters. The van der Waals surface area contributed by atoms with Gasteiger partial charge >= 0.3 is 5.97 Å². The van der Waals surface area contributed by atoms with Gasteiger partial charge in [-0.1, -0.05) is 77.9 Å². The van der Waals surface area contributed by atoms with E-state index in [2.05, 4.69) is 36.1 Å². The Balaban J connectivity index is 1.18. The van der Waals surface area contributed by atoms with E-state index in [-0.39, 0.29) is 12.5 Å². The normalized spacial score (nSPS) is 13.3. The first-order chi connectivity index (χ1) is 20.4. The molecule has 0 spiro atoms. The van der Waals surface area contributed by atoms with Crippen LogP contribution in [0.15, 0.2) is 97.1 Å². The van der Waals surface area contributed by atoms with Gasteiger partial charge in [0.2, 0.25) is 0 Å². The molecule has 42 heavy (non-hydrogen) atoms. The summed E-state index contributed by atoms with van der Waals surface area (Å²) < 4.78 is 5.44. The number of aromatic nitrogens is 2. The third kappa shape index (κ3) is 5.86. The summed E-state index contributed by atoms with van der Waals surface area (Å²) in [6, 6.07) is 31.7. The van der Waals surface area contributed by atoms with E-state index < -0.39 is 5.97 Å². The summed E-state index contributed by atoms with van der Waals surface area (Å²) >= 11 is 0. The van der Waals surface area contributed by atoms with Gasteiger partial charge in [0, 0.05) is 43.0 Å². The molecule has 1 aliphatic heterocycles. The van der Waals surface area contributed by atoms with Crippen LogP contribution in [0.1, 0.15) is 21.5 Å². The number of para-hydroxylation sites is 1. The number of fused-ring (bicyclic) bond motifs is 1. The van der Waals surface area contributed by atoms with Crippen molar-refractivity contribution in [3.63, 3.8) is 0 Å². The standard InChI is InChI=1S/C35H32N4O3/c1-24-8-12-26(13-9-24)33-34(27-14-10-25(2)11-15-27)37-31-22-28(16-17-30(31)36-33)35(41)42-23-32(40)39-20-18-38(19-21-39)29-6-4-3-5-7-29/h3-17,22H,18-21,23H2,1-2H3. The molecule has 0 bridgehead atoms. The molecule has 0 radical (unpaired) electrons. The van der Waals surface area contributed by atoms with Gasteiger partial charge in [0.05, 0.1) is 28.0 Å². The number of ether oxygens (including phenoxy) is 1. The highest BCUT2D eigenvalue weighted by atomic mass is 16.5. The van der Waals surface area contributed by atoms with Crippen molar-refractivity contribution in [3.05, 3.63) is 114 Å². The molecule has 4 aromatic carbocycles. The van der Waals surface area contributed by atoms with Gasteiger partial charge in [-0.2, -0.15) is 0 Å². The number of anilines is 1. The number of piperazine rings is 1. The second-order valence-corrected chi connectivity index (χ2v) is 10.6. The summed E-state index contributed by atoms with van der Waals surface area (Å²) in [6.07, 6.45) is 0. The van der Waals surface area contributed by atoms with Gasteiger partial charge in [0.1, 0.15) is 0 Å². The summed E-state index contributed by atoms with van der Waals surface area (Å²) in [6.45, 7) is 6.45. The summed E-state index contributed by atoms with van der Waals surface area (Å²) in [4.78, 5) is 39.7. The summed E-state index contributed by atoms with van der Waals surface area (Å²) in [7, 11) is 0. The number of nitrogens with zero attached hydrogens (tertiary/aromatic N) is 4. The smallest absolute Gasteiger partial charge is 0.338 e. The fraction of sp³-hybridized carbons (Fsp3) is 0.200. The third-order valence-electron chi connectivity index (χ3n) is 7.63. The van der Waals surface area contributed by atoms with Crippen LogP contribution in [0.5, 0.6) is 0 Å². The molecule has 1 saturated heterocycles. The van der Waals surface area contributed by atoms with Crippen LogP contribution in [0.2, 0.25) is 0 Å². The van der Waals surface area contributed by atoms with Crippen LogP contribution >= 0.6 is 0 Å². The first-order valence-electron chi connectivity index (χ1n) is 14.2. The molecule has 2 heterocycles. The number of hydrogen-bond acceptors (Lipinski definition) is 6. The maximum Gasteiger partial charge on any atom is 0.338 e. The topological polar surface area (TPSA) is 75.6 Å². The SMILES string of the molecule is Cc1ccc(-c2nc3ccc(C(=O)OCC(=O)N4CCN(c5ccccc5)CC4)cc3nc2-c2ccc(C)cc2)cc1. The molecular weight excluding hydrogens is 524 g/mol. The van der Waals surface area contributed by atoms with E-state index in [1.54, 1.807) is 23.1 Å². The van der Waals surface area contributed by atoms with Gasteiger partial charge in [-0.05, 0) is 44.2 Å². The van der Waals surface area contributed by atoms with Crippen molar-refractivity contribution >= 4 is 28.6 Å². The minimum atomic E-state index is -0.561. The number of carbonyl (C=O) groups excluding carboxylic acids is 2. The molecule has 210 valence electrons. The predicted octanol–water partition coefficient (Wildman–Crippen LogP) is 6.09. The number of rotatable bonds is 6. The van der Waals surface area contributed by atoms with Crippen LogP contribution in [0.3, 0.4) is 0 Å². The van der Waals surface area contributed by atoms with Gasteiger partial charge in [0.25, 0.3) is 5.91 Å². The van der Waals surface area contributed by atoms with Crippen LogP contribution in [-0.4, -0.2) is 59.5 Å². The lowest BCUT2D eigenvalue weighted by molar-refractivity contribution is -0.134. The van der Waals surface area contributed by atoms with Gasteiger partial charge in [-0.3, -0.25) is 4.79 Å². The Kier molecular flexibility index (Phi) is 7.64. The Hall–Kier alpha value is -5.04. The van der Waals surface area contributed by atoms with E-state index in [1.807, 2.05) is 61.5 Å². The quantitative estimate of drug-likeness (QED) is 0.236. The number of aryl methyl sites for hydroxylation is 2. The average molecular weight is 557 g/mol. The molecule has 7 heteroatoms. The molecule has 0 aliphatic carbocycles. The Bertz CT molecular complexity index is 1730. The minimum absolute atomic E-state index is 0.193. The first kappa shape index (κ1) is 27.1. The molecule has 0 saturated carbocycles. The lowest BCUT2D eigenvalue weighted by Gasteiger charge is -2.36. The predicted molar refractivity (Wildman–Crippen MR) is 165 cm³/mol. The average Bonchev–Trinajstić information content (AvgIpc) is 3.04. The fourth-order valence-electron chi connectivity index (χ4n) is 5.16. The molecule has 0 unspecified atom stereocenters. The monoisotopic (exact) mass is 556 g/mol. The van der Waals surface area contributed by atoms with E-state index in [0.29, 0.717) is 29.7 Å². The van der Waals surface area contributed by atoms with Crippen LogP contribution in [0, 0.1) is 13.8 Å². The van der Waals surface area contributed by atoms with Crippen LogP contribution in [-0.2, 0) is 9.53 Å². The lowest BCUT2D eigenvalue weighted by atomic mass is 10.0. The van der Waals surface area contributed by atoms with Crippen molar-refractivity contribution in [3.8, 4) is 22.5 Å². The molecule has 5 aromatic rings. The van der Waals surface area contributed by atoms with Gasteiger partial charge in [-0.25, -0.2) is 14.8 Å². The zero-order valence-electron chi connectivity index (χ0n) is 23.8. The molecule has 1 fully saturated rings. The van der Waals surface area contributed by atoms with Crippen LogP contribution < -0.4 is 4.90 Å². The Morgan fingerprint density at radius 2 is 1.26 bits per heavy atom. The van der Waals surface area contributed by atoms with Crippen molar-refractivity contribution in [1.82, 2.24) is 14.9 Å². The number of amides is 1. The largest absolute Gasteiger partial charge is 0.452 e. The molecule has 0 N–H and O–H groups in total. The first-order valence-corrected chi connectivity index (χ1v) is 14.2. The Morgan fingerprint density at radius 3 is 1.86 bits per heavy atom. The van der Waals surface area contributed by atoms with E-state index in [0.717, 1.165) is 46.9 Å². The number of esters is 1. The molecule has 1 aromatic heterocycles. The highest BCUT2D eigenvalue weighted by molar-refractivity contribution is 5.96. The van der Waals surface area contributed by atoms with Gasteiger partial charge in [-0.15, -0.1) is 0 Å². The van der Waals surface area contributed by atoms with Crippen molar-refractivity contribution in [2.75, 3.05) is 37.7 Å². The van der Waals surface area contributed by atoms with Crippen molar-refractivity contribution in [2.45, 2.75) is 13.8 Å². The molecule has 1 aliphatic rings. The zero-order valence-corrected chi connectivity index (χ0v) is 23.8. The number of benzene rings is 4. The minimum Gasteiger partial charge on any atom is -0.452 e. The Labute approximate surface area is 245 Å². The third-order valence-corrected chi connectivity index (χ3v) is 7.63. The van der Waals surface area contributed by atoms with E-state index in [1.165, 1.54) is 5.56 Å². The van der Waals surface area contributed by atoms with Crippen LogP contribution in [0.4, 0.5) is 5.69 Å². The second kappa shape index (κ2) is 11.8. The molecular formula is C35H32N4O3. The molecule has 7 nitrogen and oxygen atoms in total. The fourth-order valence-corrected chi connectivity index (χ4v) is 5.16. The highest BCUT2D eigenvalue weighted by Gasteiger charge is 2.23. The van der Waals surface area contributed by atoms with Gasteiger partial charge in [0.15, 0.2) is 6.61 Å². The maximum atomic E-state index is 13.0. The molecule has 1 amide bonds.